The van der Waals surface area contributed by atoms with Crippen LogP contribution in [0.3, 0.4) is 0 Å². The number of carbonyl (C=O) groups is 1. The number of nitrogens with zero attached hydrogens (tertiary/aromatic N) is 1. The molecular weight excluding hydrogens is 202 g/mol. The predicted molar refractivity (Wildman–Crippen MR) is 56.6 cm³/mol. The zero-order chi connectivity index (χ0) is 9.10. The second-order valence-corrected chi connectivity index (χ2v) is 5.50. The molecule has 0 saturated carbocycles. The number of thiazole rings is 1. The van der Waals surface area contributed by atoms with Gasteiger partial charge in [0.1, 0.15) is 0 Å². The molecule has 0 aromatic carbocycles. The number of aldehydes is 1. The second kappa shape index (κ2) is 4.24. The first-order valence-corrected chi connectivity index (χ1v) is 6.33. The Hall–Kier alpha value is -0.350. The van der Waals surface area contributed by atoms with Crippen molar-refractivity contribution in [3.05, 3.63) is 16.1 Å². The smallest absolute Gasteiger partial charge is 0.161 e. The lowest BCUT2D eigenvalue weighted by Crippen LogP contribution is -2.01. The third-order valence-electron chi connectivity index (χ3n) is 2.17. The van der Waals surface area contributed by atoms with Crippen molar-refractivity contribution in [2.45, 2.75) is 12.8 Å². The van der Waals surface area contributed by atoms with Crippen LogP contribution in [0.15, 0.2) is 6.20 Å². The van der Waals surface area contributed by atoms with Gasteiger partial charge in [0.2, 0.25) is 0 Å². The van der Waals surface area contributed by atoms with Crippen molar-refractivity contribution in [2.75, 3.05) is 11.5 Å². The molecule has 1 aliphatic rings. The van der Waals surface area contributed by atoms with Gasteiger partial charge in [-0.05, 0) is 23.8 Å². The van der Waals surface area contributed by atoms with Gasteiger partial charge in [-0.25, -0.2) is 4.98 Å². The number of thioether (sulfide) groups is 1. The molecule has 2 nitrogen and oxygen atoms in total. The maximum absolute atomic E-state index is 10.4. The van der Waals surface area contributed by atoms with Gasteiger partial charge >= 0.3 is 0 Å². The molecule has 0 N–H and O–H groups in total. The van der Waals surface area contributed by atoms with Crippen molar-refractivity contribution in [2.24, 2.45) is 5.92 Å². The monoisotopic (exact) mass is 213 g/mol. The number of rotatable bonds is 3. The second-order valence-electron chi connectivity index (χ2n) is 3.21. The molecule has 0 aliphatic carbocycles. The minimum absolute atomic E-state index is 0.751. The van der Waals surface area contributed by atoms with Crippen LogP contribution >= 0.6 is 23.1 Å². The average Bonchev–Trinajstić information content (AvgIpc) is 2.76. The fraction of sp³-hybridized carbons (Fsp3) is 0.556. The molecule has 1 unspecified atom stereocenters. The van der Waals surface area contributed by atoms with Crippen LogP contribution in [0.1, 0.15) is 21.1 Å². The van der Waals surface area contributed by atoms with E-state index in [1.54, 1.807) is 6.20 Å². The molecular formula is C9H11NOS2. The van der Waals surface area contributed by atoms with Crippen LogP contribution in [0.2, 0.25) is 0 Å². The van der Waals surface area contributed by atoms with Crippen LogP contribution in [-0.2, 0) is 6.42 Å². The standard InChI is InChI=1S/C9H11NOS2/c11-5-8-4-10-9(13-8)3-7-1-2-12-6-7/h4-5,7H,1-3,6H2. The van der Waals surface area contributed by atoms with E-state index in [0.717, 1.165) is 28.5 Å². The van der Waals surface area contributed by atoms with Crippen molar-refractivity contribution in [1.29, 1.82) is 0 Å². The zero-order valence-electron chi connectivity index (χ0n) is 7.23. The first-order chi connectivity index (χ1) is 6.38. The summed E-state index contributed by atoms with van der Waals surface area (Å²) in [5, 5.41) is 1.12. The van der Waals surface area contributed by atoms with Gasteiger partial charge in [-0.15, -0.1) is 11.3 Å². The van der Waals surface area contributed by atoms with E-state index in [4.69, 9.17) is 0 Å². The highest BCUT2D eigenvalue weighted by molar-refractivity contribution is 7.99. The van der Waals surface area contributed by atoms with E-state index in [2.05, 4.69) is 4.98 Å². The molecule has 1 atom stereocenters. The van der Waals surface area contributed by atoms with Crippen LogP contribution in [0, 0.1) is 5.92 Å². The highest BCUT2D eigenvalue weighted by Crippen LogP contribution is 2.27. The molecule has 0 amide bonds. The third-order valence-corrected chi connectivity index (χ3v) is 4.35. The normalized spacial score (nSPS) is 22.0. The molecule has 4 heteroatoms. The van der Waals surface area contributed by atoms with E-state index in [0.29, 0.717) is 0 Å². The Kier molecular flexibility index (Phi) is 3.01. The molecule has 13 heavy (non-hydrogen) atoms. The summed E-state index contributed by atoms with van der Waals surface area (Å²) in [7, 11) is 0. The molecule has 0 bridgehead atoms. The van der Waals surface area contributed by atoms with Crippen LogP contribution < -0.4 is 0 Å². The van der Waals surface area contributed by atoms with Crippen molar-refractivity contribution in [1.82, 2.24) is 4.98 Å². The number of aromatic nitrogens is 1. The largest absolute Gasteiger partial charge is 0.297 e. The molecule has 70 valence electrons. The number of carbonyl (C=O) groups excluding carboxylic acids is 1. The van der Waals surface area contributed by atoms with Crippen molar-refractivity contribution in [3.63, 3.8) is 0 Å². The summed E-state index contributed by atoms with van der Waals surface area (Å²) in [5.74, 6) is 3.34. The summed E-state index contributed by atoms with van der Waals surface area (Å²) < 4.78 is 0. The first-order valence-electron chi connectivity index (χ1n) is 4.36. The van der Waals surface area contributed by atoms with Crippen molar-refractivity contribution >= 4 is 29.4 Å². The van der Waals surface area contributed by atoms with E-state index >= 15 is 0 Å². The Bertz CT molecular complexity index is 292. The average molecular weight is 213 g/mol. The molecule has 1 aromatic rings. The van der Waals surface area contributed by atoms with Gasteiger partial charge in [0.15, 0.2) is 6.29 Å². The van der Waals surface area contributed by atoms with Crippen molar-refractivity contribution in [3.8, 4) is 0 Å². The SMILES string of the molecule is O=Cc1cnc(CC2CCSC2)s1. The van der Waals surface area contributed by atoms with E-state index < -0.39 is 0 Å². The Balaban J connectivity index is 1.96. The number of hydrogen-bond donors (Lipinski definition) is 0. The molecule has 2 heterocycles. The summed E-state index contributed by atoms with van der Waals surface area (Å²) >= 11 is 3.55. The van der Waals surface area contributed by atoms with Crippen LogP contribution in [-0.4, -0.2) is 22.8 Å². The van der Waals surface area contributed by atoms with E-state index in [1.165, 1.54) is 29.3 Å². The Morgan fingerprint density at radius 1 is 1.69 bits per heavy atom. The topological polar surface area (TPSA) is 30.0 Å². The lowest BCUT2D eigenvalue weighted by atomic mass is 10.1. The van der Waals surface area contributed by atoms with Gasteiger partial charge in [0, 0.05) is 12.6 Å². The fourth-order valence-corrected chi connectivity index (χ4v) is 3.60. The summed E-state index contributed by atoms with van der Waals surface area (Å²) in [4.78, 5) is 15.4. The molecule has 1 aliphatic heterocycles. The highest BCUT2D eigenvalue weighted by Gasteiger charge is 2.17. The fourth-order valence-electron chi connectivity index (χ4n) is 1.46. The van der Waals surface area contributed by atoms with E-state index in [9.17, 15) is 4.79 Å². The van der Waals surface area contributed by atoms with E-state index in [-0.39, 0.29) is 0 Å². The molecule has 0 spiro atoms. The predicted octanol–water partition coefficient (Wildman–Crippen LogP) is 2.25. The molecule has 1 saturated heterocycles. The van der Waals surface area contributed by atoms with Gasteiger partial charge in [-0.3, -0.25) is 4.79 Å². The zero-order valence-corrected chi connectivity index (χ0v) is 8.87. The van der Waals surface area contributed by atoms with Crippen molar-refractivity contribution < 1.29 is 4.79 Å². The molecule has 2 rings (SSSR count). The third kappa shape index (κ3) is 2.31. The summed E-state index contributed by atoms with van der Waals surface area (Å²) in [6.45, 7) is 0. The minimum Gasteiger partial charge on any atom is -0.297 e. The lowest BCUT2D eigenvalue weighted by Gasteiger charge is -2.03. The van der Waals surface area contributed by atoms with Crippen LogP contribution in [0.5, 0.6) is 0 Å². The van der Waals surface area contributed by atoms with Gasteiger partial charge in [0.25, 0.3) is 0 Å². The van der Waals surface area contributed by atoms with Gasteiger partial charge in [-0.1, -0.05) is 0 Å². The molecule has 1 fully saturated rings. The quantitative estimate of drug-likeness (QED) is 0.721. The molecule has 0 radical (unpaired) electrons. The maximum atomic E-state index is 10.4. The summed E-state index contributed by atoms with van der Waals surface area (Å²) in [5.41, 5.74) is 0. The Morgan fingerprint density at radius 2 is 2.62 bits per heavy atom. The Labute approximate surface area is 85.8 Å². The van der Waals surface area contributed by atoms with E-state index in [1.807, 2.05) is 11.8 Å². The Morgan fingerprint density at radius 3 is 3.23 bits per heavy atom. The summed E-state index contributed by atoms with van der Waals surface area (Å²) in [6, 6.07) is 0. The van der Waals surface area contributed by atoms with Gasteiger partial charge < -0.3 is 0 Å². The van der Waals surface area contributed by atoms with Gasteiger partial charge in [-0.2, -0.15) is 11.8 Å². The minimum atomic E-state index is 0.751. The highest BCUT2D eigenvalue weighted by atomic mass is 32.2. The van der Waals surface area contributed by atoms with Crippen LogP contribution in [0.25, 0.3) is 0 Å². The summed E-state index contributed by atoms with van der Waals surface area (Å²) in [6.07, 6.45) is 4.92. The first kappa shape index (κ1) is 9.21. The van der Waals surface area contributed by atoms with Gasteiger partial charge in [0.05, 0.1) is 9.88 Å². The number of hydrogen-bond acceptors (Lipinski definition) is 4. The molecule has 1 aromatic heterocycles. The van der Waals surface area contributed by atoms with Crippen LogP contribution in [0.4, 0.5) is 0 Å². The lowest BCUT2D eigenvalue weighted by molar-refractivity contribution is 0.112. The maximum Gasteiger partial charge on any atom is 0.161 e.